The molecule has 0 bridgehead atoms. The van der Waals surface area contributed by atoms with Gasteiger partial charge in [-0.25, -0.2) is 13.4 Å². The molecule has 2 aliphatic heterocycles. The van der Waals surface area contributed by atoms with Gasteiger partial charge in [0.15, 0.2) is 0 Å². The van der Waals surface area contributed by atoms with Crippen molar-refractivity contribution in [2.45, 2.75) is 31.6 Å². The molecular weight excluding hydrogens is 476 g/mol. The van der Waals surface area contributed by atoms with Crippen molar-refractivity contribution in [3.05, 3.63) is 59.7 Å². The quantitative estimate of drug-likeness (QED) is 0.565. The summed E-state index contributed by atoms with van der Waals surface area (Å²) in [5, 5.41) is 3.89. The van der Waals surface area contributed by atoms with Gasteiger partial charge in [0.25, 0.3) is 0 Å². The maximum Gasteiger partial charge on any atom is 0.243 e. The van der Waals surface area contributed by atoms with Crippen LogP contribution in [0.2, 0.25) is 0 Å². The van der Waals surface area contributed by atoms with E-state index in [-0.39, 0.29) is 16.7 Å². The number of piperidine rings is 1. The predicted molar refractivity (Wildman–Crippen MR) is 141 cm³/mol. The Kier molecular flexibility index (Phi) is 6.96. The zero-order chi connectivity index (χ0) is 25.3. The van der Waals surface area contributed by atoms with E-state index in [0.29, 0.717) is 32.8 Å². The van der Waals surface area contributed by atoms with Gasteiger partial charge in [0.1, 0.15) is 5.82 Å². The molecule has 190 valence electrons. The maximum atomic E-state index is 13.1. The van der Waals surface area contributed by atoms with Crippen molar-refractivity contribution < 1.29 is 17.9 Å². The minimum absolute atomic E-state index is 0.0344. The number of sulfonamides is 1. The summed E-state index contributed by atoms with van der Waals surface area (Å²) in [7, 11) is -3.56. The number of aromatic nitrogens is 1. The van der Waals surface area contributed by atoms with Crippen LogP contribution in [0.25, 0.3) is 10.9 Å². The van der Waals surface area contributed by atoms with Crippen LogP contribution in [0, 0.1) is 19.8 Å². The van der Waals surface area contributed by atoms with Crippen molar-refractivity contribution in [3.8, 4) is 0 Å². The number of nitrogens with one attached hydrogen (secondary N) is 1. The topological polar surface area (TPSA) is 91.8 Å². The fraction of sp³-hybridized carbons (Fsp3) is 0.407. The first-order chi connectivity index (χ1) is 17.3. The van der Waals surface area contributed by atoms with E-state index in [1.807, 2.05) is 44.2 Å². The Bertz CT molecular complexity index is 1390. The highest BCUT2D eigenvalue weighted by atomic mass is 32.2. The van der Waals surface area contributed by atoms with Gasteiger partial charge in [-0.2, -0.15) is 4.31 Å². The van der Waals surface area contributed by atoms with Crippen molar-refractivity contribution >= 4 is 38.3 Å². The summed E-state index contributed by atoms with van der Waals surface area (Å²) in [6, 6.07) is 14.9. The first-order valence-corrected chi connectivity index (χ1v) is 13.9. The molecular formula is C27H32N4O4S. The summed E-state index contributed by atoms with van der Waals surface area (Å²) in [6.45, 7) is 7.05. The van der Waals surface area contributed by atoms with Gasteiger partial charge in [-0.15, -0.1) is 0 Å². The van der Waals surface area contributed by atoms with E-state index in [0.717, 1.165) is 52.9 Å². The molecule has 9 heteroatoms. The number of ether oxygens (including phenoxy) is 1. The zero-order valence-corrected chi connectivity index (χ0v) is 21.6. The molecule has 0 radical (unpaired) electrons. The first kappa shape index (κ1) is 24.7. The van der Waals surface area contributed by atoms with Gasteiger partial charge in [0, 0.05) is 37.3 Å². The smallest absolute Gasteiger partial charge is 0.243 e. The molecule has 2 fully saturated rings. The van der Waals surface area contributed by atoms with Crippen molar-refractivity contribution in [1.82, 2.24) is 9.29 Å². The van der Waals surface area contributed by atoms with Gasteiger partial charge in [0.05, 0.1) is 29.5 Å². The highest BCUT2D eigenvalue weighted by Crippen LogP contribution is 2.28. The van der Waals surface area contributed by atoms with E-state index in [1.54, 1.807) is 18.2 Å². The van der Waals surface area contributed by atoms with E-state index in [2.05, 4.69) is 10.2 Å². The Morgan fingerprint density at radius 1 is 1.06 bits per heavy atom. The van der Waals surface area contributed by atoms with Gasteiger partial charge in [-0.1, -0.05) is 12.1 Å². The van der Waals surface area contributed by atoms with Gasteiger partial charge in [-0.3, -0.25) is 4.79 Å². The molecule has 3 heterocycles. The number of amides is 1. The maximum absolute atomic E-state index is 13.1. The summed E-state index contributed by atoms with van der Waals surface area (Å²) in [4.78, 5) is 20.3. The SMILES string of the molecule is Cc1cccc(NC(=O)[C@H]2CCCN(c3ccc4cc(S(=O)(=O)N5CCOCC5)ccc4n3)C2)c1C. The van der Waals surface area contributed by atoms with Gasteiger partial charge in [0.2, 0.25) is 15.9 Å². The number of anilines is 2. The molecule has 1 atom stereocenters. The number of nitrogens with zero attached hydrogens (tertiary/aromatic N) is 3. The number of morpholine rings is 1. The zero-order valence-electron chi connectivity index (χ0n) is 20.7. The standard InChI is InChI=1S/C27H32N4O4S/c1-19-5-3-7-24(20(19)2)29-27(32)22-6-4-12-30(18-22)26-11-8-21-17-23(9-10-25(21)28-26)36(33,34)31-13-15-35-16-14-31/h3,5,7-11,17,22H,4,6,12-16,18H2,1-2H3,(H,29,32)/t22-/m0/s1. The fourth-order valence-corrected chi connectivity index (χ4v) is 6.33. The molecule has 2 aliphatic rings. The lowest BCUT2D eigenvalue weighted by Gasteiger charge is -2.33. The highest BCUT2D eigenvalue weighted by Gasteiger charge is 2.28. The van der Waals surface area contributed by atoms with Crippen LogP contribution < -0.4 is 10.2 Å². The summed E-state index contributed by atoms with van der Waals surface area (Å²) in [5.41, 5.74) is 3.84. The second-order valence-corrected chi connectivity index (χ2v) is 11.5. The number of hydrogen-bond donors (Lipinski definition) is 1. The fourth-order valence-electron chi connectivity index (χ4n) is 4.89. The van der Waals surface area contributed by atoms with Crippen molar-refractivity contribution in [2.75, 3.05) is 49.6 Å². The van der Waals surface area contributed by atoms with Crippen LogP contribution in [0.5, 0.6) is 0 Å². The van der Waals surface area contributed by atoms with E-state index in [1.165, 1.54) is 4.31 Å². The van der Waals surface area contributed by atoms with E-state index < -0.39 is 10.0 Å². The second kappa shape index (κ2) is 10.2. The molecule has 0 spiro atoms. The third kappa shape index (κ3) is 4.96. The van der Waals surface area contributed by atoms with Crippen LogP contribution >= 0.6 is 0 Å². The lowest BCUT2D eigenvalue weighted by Crippen LogP contribution is -2.41. The van der Waals surface area contributed by atoms with Crippen molar-refractivity contribution in [2.24, 2.45) is 5.92 Å². The summed E-state index contributed by atoms with van der Waals surface area (Å²) in [5.74, 6) is 0.708. The Morgan fingerprint density at radius 2 is 1.86 bits per heavy atom. The van der Waals surface area contributed by atoms with E-state index in [4.69, 9.17) is 9.72 Å². The lowest BCUT2D eigenvalue weighted by molar-refractivity contribution is -0.120. The van der Waals surface area contributed by atoms with Gasteiger partial charge >= 0.3 is 0 Å². The van der Waals surface area contributed by atoms with Crippen LogP contribution in [-0.2, 0) is 19.6 Å². The molecule has 0 unspecified atom stereocenters. The van der Waals surface area contributed by atoms with E-state index in [9.17, 15) is 13.2 Å². The second-order valence-electron chi connectivity index (χ2n) is 9.56. The summed E-state index contributed by atoms with van der Waals surface area (Å²) >= 11 is 0. The highest BCUT2D eigenvalue weighted by molar-refractivity contribution is 7.89. The Labute approximate surface area is 212 Å². The number of aryl methyl sites for hydroxylation is 1. The number of hydrogen-bond acceptors (Lipinski definition) is 6. The lowest BCUT2D eigenvalue weighted by atomic mass is 9.96. The first-order valence-electron chi connectivity index (χ1n) is 12.4. The minimum atomic E-state index is -3.56. The molecule has 3 aromatic rings. The Hall–Kier alpha value is -3.01. The monoisotopic (exact) mass is 508 g/mol. The number of carbonyl (C=O) groups excluding carboxylic acids is 1. The van der Waals surface area contributed by atoms with Gasteiger partial charge < -0.3 is 15.0 Å². The summed E-state index contributed by atoms with van der Waals surface area (Å²) in [6.07, 6.45) is 1.74. The Balaban J connectivity index is 1.31. The minimum Gasteiger partial charge on any atom is -0.379 e. The molecule has 36 heavy (non-hydrogen) atoms. The van der Waals surface area contributed by atoms with Crippen LogP contribution in [0.1, 0.15) is 24.0 Å². The largest absolute Gasteiger partial charge is 0.379 e. The molecule has 5 rings (SSSR count). The number of rotatable bonds is 5. The van der Waals surface area contributed by atoms with Crippen molar-refractivity contribution in [3.63, 3.8) is 0 Å². The number of fused-ring (bicyclic) bond motifs is 1. The average molecular weight is 509 g/mol. The molecule has 0 saturated carbocycles. The summed E-state index contributed by atoms with van der Waals surface area (Å²) < 4.78 is 32.8. The number of benzene rings is 2. The predicted octanol–water partition coefficient (Wildman–Crippen LogP) is 3.73. The third-order valence-corrected chi connectivity index (χ3v) is 9.13. The Morgan fingerprint density at radius 3 is 2.67 bits per heavy atom. The molecule has 1 aromatic heterocycles. The van der Waals surface area contributed by atoms with Crippen LogP contribution in [0.4, 0.5) is 11.5 Å². The molecule has 1 amide bonds. The number of pyridine rings is 1. The molecule has 8 nitrogen and oxygen atoms in total. The van der Waals surface area contributed by atoms with E-state index >= 15 is 0 Å². The third-order valence-electron chi connectivity index (χ3n) is 7.23. The molecule has 2 saturated heterocycles. The van der Waals surface area contributed by atoms with Crippen molar-refractivity contribution in [1.29, 1.82) is 0 Å². The van der Waals surface area contributed by atoms with Gasteiger partial charge in [-0.05, 0) is 74.2 Å². The molecule has 1 N–H and O–H groups in total. The van der Waals surface area contributed by atoms with Crippen LogP contribution in [0.15, 0.2) is 53.4 Å². The molecule has 2 aromatic carbocycles. The normalized spacial score (nSPS) is 19.4. The molecule has 0 aliphatic carbocycles. The number of carbonyl (C=O) groups is 1. The van der Waals surface area contributed by atoms with Crippen LogP contribution in [0.3, 0.4) is 0 Å². The average Bonchev–Trinajstić information content (AvgIpc) is 2.91. The van der Waals surface area contributed by atoms with Crippen LogP contribution in [-0.4, -0.2) is 63.0 Å².